The molecule has 0 aromatic carbocycles. The Hall–Kier alpha value is -1.11. The van der Waals surface area contributed by atoms with Gasteiger partial charge in [0.15, 0.2) is 0 Å². The topological polar surface area (TPSA) is 17.1 Å². The highest BCUT2D eigenvalue weighted by atomic mass is 16.1. The van der Waals surface area contributed by atoms with Gasteiger partial charge in [0.1, 0.15) is 6.29 Å². The molecule has 0 aliphatic carbocycles. The first-order chi connectivity index (χ1) is 8.91. The van der Waals surface area contributed by atoms with Crippen LogP contribution in [0.1, 0.15) is 64.7 Å². The lowest BCUT2D eigenvalue weighted by atomic mass is 10.1. The zero-order valence-electron chi connectivity index (χ0n) is 11.8. The number of rotatable bonds is 12. The summed E-state index contributed by atoms with van der Waals surface area (Å²) in [5, 5.41) is 0. The fraction of sp³-hybridized carbons (Fsp3) is 0.588. The molecule has 0 spiro atoms. The van der Waals surface area contributed by atoms with Crippen LogP contribution < -0.4 is 0 Å². The van der Waals surface area contributed by atoms with E-state index >= 15 is 0 Å². The predicted molar refractivity (Wildman–Crippen MR) is 80.7 cm³/mol. The molecule has 0 aromatic heterocycles. The van der Waals surface area contributed by atoms with Gasteiger partial charge < -0.3 is 0 Å². The Morgan fingerprint density at radius 3 is 1.89 bits per heavy atom. The van der Waals surface area contributed by atoms with E-state index in [0.717, 1.165) is 12.7 Å². The van der Waals surface area contributed by atoms with Gasteiger partial charge in [-0.2, -0.15) is 0 Å². The van der Waals surface area contributed by atoms with Gasteiger partial charge in [0.25, 0.3) is 0 Å². The van der Waals surface area contributed by atoms with Gasteiger partial charge in [-0.1, -0.05) is 82.2 Å². The monoisotopic (exact) mass is 248 g/mol. The fourth-order valence-corrected chi connectivity index (χ4v) is 1.81. The first-order valence-electron chi connectivity index (χ1n) is 7.35. The molecule has 0 radical (unpaired) electrons. The van der Waals surface area contributed by atoms with Crippen molar-refractivity contribution in [3.05, 3.63) is 36.5 Å². The Labute approximate surface area is 113 Å². The molecule has 0 saturated heterocycles. The Morgan fingerprint density at radius 1 is 0.667 bits per heavy atom. The molecule has 0 heterocycles. The average Bonchev–Trinajstić information content (AvgIpc) is 2.39. The largest absolute Gasteiger partial charge is 0.299 e. The van der Waals surface area contributed by atoms with Crippen LogP contribution in [0.25, 0.3) is 0 Å². The normalized spacial score (nSPS) is 12.1. The third-order valence-corrected chi connectivity index (χ3v) is 2.88. The highest BCUT2D eigenvalue weighted by Crippen LogP contribution is 2.09. The minimum Gasteiger partial charge on any atom is -0.299 e. The van der Waals surface area contributed by atoms with E-state index in [-0.39, 0.29) is 0 Å². The summed E-state index contributed by atoms with van der Waals surface area (Å²) in [4.78, 5) is 9.98. The molecule has 0 saturated carbocycles. The molecule has 0 rings (SSSR count). The van der Waals surface area contributed by atoms with Crippen LogP contribution in [-0.4, -0.2) is 6.29 Å². The predicted octanol–water partition coefficient (Wildman–Crippen LogP) is 5.38. The summed E-state index contributed by atoms with van der Waals surface area (Å²) in [7, 11) is 0. The molecule has 0 amide bonds. The van der Waals surface area contributed by atoms with Crippen molar-refractivity contribution >= 4 is 6.29 Å². The first-order valence-corrected chi connectivity index (χ1v) is 7.35. The van der Waals surface area contributed by atoms with Crippen molar-refractivity contribution < 1.29 is 4.79 Å². The number of allylic oxidation sites excluding steroid dienone is 6. The lowest BCUT2D eigenvalue weighted by molar-refractivity contribution is -0.104. The third-order valence-electron chi connectivity index (χ3n) is 2.88. The van der Waals surface area contributed by atoms with Crippen molar-refractivity contribution in [1.82, 2.24) is 0 Å². The van der Waals surface area contributed by atoms with Crippen LogP contribution in [0.5, 0.6) is 0 Å². The summed E-state index contributed by atoms with van der Waals surface area (Å²) in [5.41, 5.74) is 0. The van der Waals surface area contributed by atoms with E-state index in [1.807, 2.05) is 12.2 Å². The van der Waals surface area contributed by atoms with Crippen molar-refractivity contribution in [1.29, 1.82) is 0 Å². The van der Waals surface area contributed by atoms with Crippen LogP contribution in [0.15, 0.2) is 36.5 Å². The van der Waals surface area contributed by atoms with E-state index in [4.69, 9.17) is 0 Å². The van der Waals surface area contributed by atoms with Gasteiger partial charge in [0.2, 0.25) is 0 Å². The maximum absolute atomic E-state index is 9.98. The van der Waals surface area contributed by atoms with Crippen molar-refractivity contribution in [3.63, 3.8) is 0 Å². The molecule has 0 aliphatic heterocycles. The maximum atomic E-state index is 9.98. The van der Waals surface area contributed by atoms with Crippen molar-refractivity contribution in [2.45, 2.75) is 64.7 Å². The van der Waals surface area contributed by atoms with Crippen LogP contribution in [0.3, 0.4) is 0 Å². The SMILES string of the molecule is CCCCCCCCCCC=CC=CC=CC=O. The molecule has 0 atom stereocenters. The molecule has 0 aromatic rings. The third kappa shape index (κ3) is 14.9. The summed E-state index contributed by atoms with van der Waals surface area (Å²) >= 11 is 0. The van der Waals surface area contributed by atoms with Crippen LogP contribution in [0.2, 0.25) is 0 Å². The zero-order chi connectivity index (χ0) is 13.3. The average molecular weight is 248 g/mol. The Bertz CT molecular complexity index is 248. The van der Waals surface area contributed by atoms with E-state index in [1.54, 1.807) is 6.08 Å². The number of unbranched alkanes of at least 4 members (excludes halogenated alkanes) is 8. The molecule has 0 aliphatic rings. The molecular formula is C17H28O. The van der Waals surface area contributed by atoms with Crippen molar-refractivity contribution in [3.8, 4) is 0 Å². The first kappa shape index (κ1) is 16.9. The van der Waals surface area contributed by atoms with Crippen LogP contribution in [-0.2, 0) is 4.79 Å². The van der Waals surface area contributed by atoms with Gasteiger partial charge in [0.05, 0.1) is 0 Å². The summed E-state index contributed by atoms with van der Waals surface area (Å²) in [6.45, 7) is 2.26. The number of aldehydes is 1. The zero-order valence-corrected chi connectivity index (χ0v) is 11.8. The summed E-state index contributed by atoms with van der Waals surface area (Å²) in [6, 6.07) is 0. The van der Waals surface area contributed by atoms with Gasteiger partial charge in [-0.25, -0.2) is 0 Å². The van der Waals surface area contributed by atoms with Crippen molar-refractivity contribution in [2.24, 2.45) is 0 Å². The smallest absolute Gasteiger partial charge is 0.142 e. The Balaban J connectivity index is 3.19. The second-order valence-corrected chi connectivity index (χ2v) is 4.60. The summed E-state index contributed by atoms with van der Waals surface area (Å²) in [5.74, 6) is 0. The number of hydrogen-bond donors (Lipinski definition) is 0. The van der Waals surface area contributed by atoms with Crippen LogP contribution in [0, 0.1) is 0 Å². The van der Waals surface area contributed by atoms with E-state index in [0.29, 0.717) is 0 Å². The minimum atomic E-state index is 0.786. The molecule has 1 heteroatoms. The van der Waals surface area contributed by atoms with Crippen LogP contribution in [0.4, 0.5) is 0 Å². The lowest BCUT2D eigenvalue weighted by Gasteiger charge is -1.99. The molecule has 0 fully saturated rings. The molecule has 0 unspecified atom stereocenters. The van der Waals surface area contributed by atoms with Gasteiger partial charge in [-0.05, 0) is 18.9 Å². The van der Waals surface area contributed by atoms with E-state index in [1.165, 1.54) is 57.4 Å². The van der Waals surface area contributed by atoms with E-state index in [2.05, 4.69) is 19.1 Å². The van der Waals surface area contributed by atoms with Gasteiger partial charge in [-0.3, -0.25) is 4.79 Å². The maximum Gasteiger partial charge on any atom is 0.142 e. The van der Waals surface area contributed by atoms with E-state index in [9.17, 15) is 4.79 Å². The van der Waals surface area contributed by atoms with Gasteiger partial charge in [0, 0.05) is 0 Å². The number of carbonyl (C=O) groups excluding carboxylic acids is 1. The second-order valence-electron chi connectivity index (χ2n) is 4.60. The fourth-order valence-electron chi connectivity index (χ4n) is 1.81. The lowest BCUT2D eigenvalue weighted by Crippen LogP contribution is -1.79. The standard InChI is InChI=1S/C17H28O/c1-2-3-4-5-6-7-8-9-10-11-12-13-14-15-16-17-18/h11-17H,2-10H2,1H3. The molecule has 1 nitrogen and oxygen atoms in total. The molecule has 18 heavy (non-hydrogen) atoms. The Kier molecular flexibility index (Phi) is 14.9. The molecule has 102 valence electrons. The molecule has 0 N–H and O–H groups in total. The summed E-state index contributed by atoms with van der Waals surface area (Å²) < 4.78 is 0. The molecular weight excluding hydrogens is 220 g/mol. The molecule has 0 bridgehead atoms. The van der Waals surface area contributed by atoms with Crippen molar-refractivity contribution in [2.75, 3.05) is 0 Å². The quantitative estimate of drug-likeness (QED) is 0.196. The van der Waals surface area contributed by atoms with Crippen LogP contribution >= 0.6 is 0 Å². The number of carbonyl (C=O) groups is 1. The van der Waals surface area contributed by atoms with E-state index < -0.39 is 0 Å². The second kappa shape index (κ2) is 15.9. The highest BCUT2D eigenvalue weighted by molar-refractivity contribution is 5.65. The Morgan fingerprint density at radius 2 is 1.22 bits per heavy atom. The van der Waals surface area contributed by atoms with Gasteiger partial charge >= 0.3 is 0 Å². The number of hydrogen-bond acceptors (Lipinski definition) is 1. The minimum absolute atomic E-state index is 0.786. The van der Waals surface area contributed by atoms with Gasteiger partial charge in [-0.15, -0.1) is 0 Å². The highest BCUT2D eigenvalue weighted by Gasteiger charge is 1.89. The summed E-state index contributed by atoms with van der Waals surface area (Å²) in [6.07, 6.45) is 24.3.